The molecule has 6 heteroatoms. The van der Waals surface area contributed by atoms with Crippen molar-refractivity contribution in [3.8, 4) is 0 Å². The molecule has 2 aromatic carbocycles. The van der Waals surface area contributed by atoms with E-state index in [1.165, 1.54) is 6.07 Å². The van der Waals surface area contributed by atoms with Gasteiger partial charge in [0, 0.05) is 18.7 Å². The van der Waals surface area contributed by atoms with E-state index >= 15 is 0 Å². The molecule has 158 valence electrons. The number of carbonyl (C=O) groups is 1. The van der Waals surface area contributed by atoms with E-state index in [-0.39, 0.29) is 24.0 Å². The molecule has 2 aromatic heterocycles. The van der Waals surface area contributed by atoms with Gasteiger partial charge in [-0.25, -0.2) is 4.39 Å². The molecule has 0 spiro atoms. The zero-order valence-corrected chi connectivity index (χ0v) is 17.0. The van der Waals surface area contributed by atoms with Crippen molar-refractivity contribution in [1.29, 1.82) is 0 Å². The Bertz CT molecular complexity index is 1110. The molecule has 5 nitrogen and oxygen atoms in total. The second-order valence-corrected chi connectivity index (χ2v) is 7.25. The van der Waals surface area contributed by atoms with E-state index in [0.717, 1.165) is 5.56 Å². The SMILES string of the molecule is O=C(NCc1ccco1)c1ccc(CN(Cc2ccccc2)Cc2ccccc2F)o1. The van der Waals surface area contributed by atoms with Crippen LogP contribution in [0.15, 0.2) is 94.0 Å². The van der Waals surface area contributed by atoms with Crippen LogP contribution in [0.4, 0.5) is 4.39 Å². The molecule has 4 aromatic rings. The Morgan fingerprint density at radius 2 is 1.65 bits per heavy atom. The number of carbonyl (C=O) groups excluding carboxylic acids is 1. The number of amides is 1. The van der Waals surface area contributed by atoms with Crippen molar-refractivity contribution in [2.45, 2.75) is 26.2 Å². The number of nitrogens with one attached hydrogen (secondary N) is 1. The zero-order valence-electron chi connectivity index (χ0n) is 17.0. The number of benzene rings is 2. The van der Waals surface area contributed by atoms with Gasteiger partial charge in [-0.15, -0.1) is 0 Å². The molecule has 1 amide bonds. The summed E-state index contributed by atoms with van der Waals surface area (Å²) in [5.74, 6) is 0.978. The average Bonchev–Trinajstić information content (AvgIpc) is 3.47. The molecule has 0 radical (unpaired) electrons. The molecule has 2 heterocycles. The summed E-state index contributed by atoms with van der Waals surface area (Å²) in [4.78, 5) is 14.4. The molecule has 4 rings (SSSR count). The molecule has 0 bridgehead atoms. The van der Waals surface area contributed by atoms with Gasteiger partial charge in [-0.3, -0.25) is 9.69 Å². The van der Waals surface area contributed by atoms with E-state index in [9.17, 15) is 9.18 Å². The van der Waals surface area contributed by atoms with Gasteiger partial charge in [-0.05, 0) is 35.9 Å². The summed E-state index contributed by atoms with van der Waals surface area (Å²) >= 11 is 0. The van der Waals surface area contributed by atoms with Crippen LogP contribution in [0.2, 0.25) is 0 Å². The normalized spacial score (nSPS) is 11.0. The third-order valence-electron chi connectivity index (χ3n) is 4.87. The van der Waals surface area contributed by atoms with Crippen molar-refractivity contribution in [1.82, 2.24) is 10.2 Å². The summed E-state index contributed by atoms with van der Waals surface area (Å²) in [5, 5.41) is 2.77. The van der Waals surface area contributed by atoms with Crippen LogP contribution in [0, 0.1) is 5.82 Å². The lowest BCUT2D eigenvalue weighted by molar-refractivity contribution is 0.0915. The zero-order chi connectivity index (χ0) is 21.5. The second kappa shape index (κ2) is 9.91. The molecule has 0 saturated heterocycles. The summed E-state index contributed by atoms with van der Waals surface area (Å²) in [5.41, 5.74) is 1.73. The first kappa shape index (κ1) is 20.6. The lowest BCUT2D eigenvalue weighted by atomic mass is 10.1. The Hall–Kier alpha value is -3.64. The predicted molar refractivity (Wildman–Crippen MR) is 114 cm³/mol. The van der Waals surface area contributed by atoms with Crippen LogP contribution in [0.1, 0.15) is 33.2 Å². The third kappa shape index (κ3) is 5.71. The highest BCUT2D eigenvalue weighted by Gasteiger charge is 2.16. The van der Waals surface area contributed by atoms with E-state index in [1.807, 2.05) is 36.4 Å². The standard InChI is InChI=1S/C25H23FN2O3/c26-23-11-5-4-9-20(23)17-28(16-19-7-2-1-3-8-19)18-22-12-13-24(31-22)25(29)27-15-21-10-6-14-30-21/h1-14H,15-18H2,(H,27,29). The number of halogens is 1. The molecule has 0 unspecified atom stereocenters. The van der Waals surface area contributed by atoms with Gasteiger partial charge in [0.05, 0.1) is 19.4 Å². The maximum Gasteiger partial charge on any atom is 0.287 e. The maximum atomic E-state index is 14.2. The lowest BCUT2D eigenvalue weighted by Crippen LogP contribution is -2.23. The van der Waals surface area contributed by atoms with Crippen LogP contribution in [-0.4, -0.2) is 10.8 Å². The van der Waals surface area contributed by atoms with E-state index in [1.54, 1.807) is 42.7 Å². The minimum absolute atomic E-state index is 0.229. The smallest absolute Gasteiger partial charge is 0.287 e. The minimum Gasteiger partial charge on any atom is -0.467 e. The fraction of sp³-hybridized carbons (Fsp3) is 0.160. The number of rotatable bonds is 9. The Morgan fingerprint density at radius 1 is 0.839 bits per heavy atom. The van der Waals surface area contributed by atoms with Gasteiger partial charge in [0.1, 0.15) is 17.3 Å². The summed E-state index contributed by atoms with van der Waals surface area (Å²) in [6, 6.07) is 23.7. The number of hydrogen-bond donors (Lipinski definition) is 1. The van der Waals surface area contributed by atoms with Gasteiger partial charge < -0.3 is 14.2 Å². The fourth-order valence-corrected chi connectivity index (χ4v) is 3.35. The molecule has 0 atom stereocenters. The summed E-state index contributed by atoms with van der Waals surface area (Å²) in [7, 11) is 0. The fourth-order valence-electron chi connectivity index (χ4n) is 3.35. The number of furan rings is 2. The Morgan fingerprint density at radius 3 is 2.42 bits per heavy atom. The van der Waals surface area contributed by atoms with E-state index in [2.05, 4.69) is 10.2 Å². The van der Waals surface area contributed by atoms with Gasteiger partial charge in [-0.1, -0.05) is 48.5 Å². The highest BCUT2D eigenvalue weighted by Crippen LogP contribution is 2.18. The van der Waals surface area contributed by atoms with Crippen molar-refractivity contribution in [2.75, 3.05) is 0 Å². The van der Waals surface area contributed by atoms with Crippen LogP contribution in [-0.2, 0) is 26.2 Å². The Balaban J connectivity index is 1.44. The minimum atomic E-state index is -0.314. The van der Waals surface area contributed by atoms with Crippen molar-refractivity contribution < 1.29 is 18.0 Å². The molecular weight excluding hydrogens is 395 g/mol. The summed E-state index contributed by atoms with van der Waals surface area (Å²) < 4.78 is 25.2. The largest absolute Gasteiger partial charge is 0.467 e. The molecule has 0 aliphatic heterocycles. The molecule has 0 fully saturated rings. The lowest BCUT2D eigenvalue weighted by Gasteiger charge is -2.22. The molecule has 1 N–H and O–H groups in total. The monoisotopic (exact) mass is 418 g/mol. The number of nitrogens with zero attached hydrogens (tertiary/aromatic N) is 1. The predicted octanol–water partition coefficient (Wildman–Crippen LogP) is 5.14. The molecule has 0 aliphatic carbocycles. The van der Waals surface area contributed by atoms with Gasteiger partial charge in [0.15, 0.2) is 5.76 Å². The Kier molecular flexibility index (Phi) is 6.59. The third-order valence-corrected chi connectivity index (χ3v) is 4.87. The first-order chi connectivity index (χ1) is 15.2. The van der Waals surface area contributed by atoms with Gasteiger partial charge in [-0.2, -0.15) is 0 Å². The molecule has 0 saturated carbocycles. The van der Waals surface area contributed by atoms with Crippen LogP contribution < -0.4 is 5.32 Å². The van der Waals surface area contributed by atoms with E-state index in [0.29, 0.717) is 36.7 Å². The van der Waals surface area contributed by atoms with Gasteiger partial charge >= 0.3 is 0 Å². The summed E-state index contributed by atoms with van der Waals surface area (Å²) in [6.45, 7) is 1.77. The summed E-state index contributed by atoms with van der Waals surface area (Å²) in [6.07, 6.45) is 1.56. The second-order valence-electron chi connectivity index (χ2n) is 7.25. The maximum absolute atomic E-state index is 14.2. The van der Waals surface area contributed by atoms with Crippen molar-refractivity contribution in [3.05, 3.63) is 119 Å². The topological polar surface area (TPSA) is 58.6 Å². The van der Waals surface area contributed by atoms with Crippen molar-refractivity contribution >= 4 is 5.91 Å². The Labute approximate surface area is 180 Å². The first-order valence-corrected chi connectivity index (χ1v) is 10.1. The molecule has 31 heavy (non-hydrogen) atoms. The molecule has 0 aliphatic rings. The first-order valence-electron chi connectivity index (χ1n) is 10.1. The van der Waals surface area contributed by atoms with Crippen molar-refractivity contribution in [3.63, 3.8) is 0 Å². The van der Waals surface area contributed by atoms with Crippen LogP contribution in [0.3, 0.4) is 0 Å². The highest BCUT2D eigenvalue weighted by molar-refractivity contribution is 5.91. The highest BCUT2D eigenvalue weighted by atomic mass is 19.1. The van der Waals surface area contributed by atoms with Gasteiger partial charge in [0.2, 0.25) is 0 Å². The average molecular weight is 418 g/mol. The van der Waals surface area contributed by atoms with Crippen LogP contribution >= 0.6 is 0 Å². The quantitative estimate of drug-likeness (QED) is 0.409. The van der Waals surface area contributed by atoms with E-state index < -0.39 is 0 Å². The van der Waals surface area contributed by atoms with Crippen LogP contribution in [0.25, 0.3) is 0 Å². The van der Waals surface area contributed by atoms with Crippen molar-refractivity contribution in [2.24, 2.45) is 0 Å². The van der Waals surface area contributed by atoms with E-state index in [4.69, 9.17) is 8.83 Å². The van der Waals surface area contributed by atoms with Crippen LogP contribution in [0.5, 0.6) is 0 Å². The molecular formula is C25H23FN2O3. The van der Waals surface area contributed by atoms with Gasteiger partial charge in [0.25, 0.3) is 5.91 Å². The number of hydrogen-bond acceptors (Lipinski definition) is 4.